The fourth-order valence-electron chi connectivity index (χ4n) is 2.21. The number of halogens is 2. The van der Waals surface area contributed by atoms with Crippen molar-refractivity contribution < 1.29 is 28.1 Å². The Morgan fingerprint density at radius 1 is 1.27 bits per heavy atom. The minimum Gasteiger partial charge on any atom is -0.493 e. The maximum atomic E-state index is 13.5. The largest absolute Gasteiger partial charge is 0.493 e. The summed E-state index contributed by atoms with van der Waals surface area (Å²) in [6, 6.07) is 2.15. The smallest absolute Gasteiger partial charge is 0.157 e. The van der Waals surface area contributed by atoms with Gasteiger partial charge >= 0.3 is 0 Å². The topological polar surface area (TPSA) is 47.9 Å². The SMILES string of the molecule is C[C@@H](COc1cc(F)c(CO)c(F)c1)COC1CCCCO1. The van der Waals surface area contributed by atoms with Crippen LogP contribution >= 0.6 is 0 Å². The van der Waals surface area contributed by atoms with Crippen molar-refractivity contribution in [1.82, 2.24) is 0 Å². The predicted molar refractivity (Wildman–Crippen MR) is 76.5 cm³/mol. The lowest BCUT2D eigenvalue weighted by Crippen LogP contribution is -2.26. The van der Waals surface area contributed by atoms with E-state index >= 15 is 0 Å². The lowest BCUT2D eigenvalue weighted by Gasteiger charge is -2.24. The van der Waals surface area contributed by atoms with Crippen LogP contribution in [-0.2, 0) is 16.1 Å². The molecule has 1 saturated heterocycles. The summed E-state index contributed by atoms with van der Waals surface area (Å²) in [5.74, 6) is -1.45. The summed E-state index contributed by atoms with van der Waals surface area (Å²) in [6.07, 6.45) is 2.91. The van der Waals surface area contributed by atoms with Gasteiger partial charge in [0.05, 0.1) is 19.8 Å². The van der Waals surface area contributed by atoms with E-state index in [0.717, 1.165) is 38.0 Å². The monoisotopic (exact) mass is 316 g/mol. The van der Waals surface area contributed by atoms with Gasteiger partial charge in [0.1, 0.15) is 17.4 Å². The molecule has 22 heavy (non-hydrogen) atoms. The van der Waals surface area contributed by atoms with Gasteiger partial charge in [-0.25, -0.2) is 8.78 Å². The Bertz CT molecular complexity index is 452. The fraction of sp³-hybridized carbons (Fsp3) is 0.625. The van der Waals surface area contributed by atoms with Crippen LogP contribution in [0.2, 0.25) is 0 Å². The Labute approximate surface area is 129 Å². The summed E-state index contributed by atoms with van der Waals surface area (Å²) >= 11 is 0. The molecule has 2 rings (SSSR count). The van der Waals surface area contributed by atoms with Crippen LogP contribution in [0, 0.1) is 17.6 Å². The normalized spacial score (nSPS) is 19.9. The Morgan fingerprint density at radius 2 is 2.00 bits per heavy atom. The zero-order valence-corrected chi connectivity index (χ0v) is 12.7. The molecule has 0 amide bonds. The molecule has 1 aromatic carbocycles. The second kappa shape index (κ2) is 8.41. The number of rotatable bonds is 7. The van der Waals surface area contributed by atoms with E-state index in [4.69, 9.17) is 19.3 Å². The van der Waals surface area contributed by atoms with E-state index in [-0.39, 0.29) is 30.1 Å². The van der Waals surface area contributed by atoms with Gasteiger partial charge in [-0.05, 0) is 19.3 Å². The maximum absolute atomic E-state index is 13.5. The number of aliphatic hydroxyl groups is 1. The van der Waals surface area contributed by atoms with E-state index in [1.165, 1.54) is 0 Å². The molecule has 0 aromatic heterocycles. The highest BCUT2D eigenvalue weighted by molar-refractivity contribution is 5.30. The quantitative estimate of drug-likeness (QED) is 0.840. The molecule has 1 N–H and O–H groups in total. The number of hydrogen-bond acceptors (Lipinski definition) is 4. The zero-order valence-electron chi connectivity index (χ0n) is 12.7. The van der Waals surface area contributed by atoms with Crippen LogP contribution in [0.25, 0.3) is 0 Å². The molecule has 2 atom stereocenters. The number of aliphatic hydroxyl groups excluding tert-OH is 1. The minimum absolute atomic E-state index is 0.0640. The molecule has 124 valence electrons. The average Bonchev–Trinajstić information content (AvgIpc) is 2.52. The van der Waals surface area contributed by atoms with Gasteiger partial charge in [0.2, 0.25) is 0 Å². The molecule has 6 heteroatoms. The molecule has 4 nitrogen and oxygen atoms in total. The van der Waals surface area contributed by atoms with Gasteiger partial charge in [0.25, 0.3) is 0 Å². The van der Waals surface area contributed by atoms with Gasteiger partial charge in [-0.15, -0.1) is 0 Å². The van der Waals surface area contributed by atoms with Crippen molar-refractivity contribution in [2.75, 3.05) is 19.8 Å². The van der Waals surface area contributed by atoms with Gasteiger partial charge in [-0.3, -0.25) is 0 Å². The number of ether oxygens (including phenoxy) is 3. The van der Waals surface area contributed by atoms with E-state index in [0.29, 0.717) is 6.61 Å². The van der Waals surface area contributed by atoms with Crippen LogP contribution in [0.3, 0.4) is 0 Å². The van der Waals surface area contributed by atoms with Gasteiger partial charge in [-0.2, -0.15) is 0 Å². The fourth-order valence-corrected chi connectivity index (χ4v) is 2.21. The standard InChI is InChI=1S/C16H22F2O4/c1-11(10-22-16-4-2-3-5-20-16)9-21-12-6-14(17)13(8-19)15(18)7-12/h6-7,11,16,19H,2-5,8-10H2,1H3/t11-,16?/m0/s1. The van der Waals surface area contributed by atoms with Crippen molar-refractivity contribution in [3.05, 3.63) is 29.3 Å². The minimum atomic E-state index is -0.808. The van der Waals surface area contributed by atoms with Crippen molar-refractivity contribution in [3.63, 3.8) is 0 Å². The third kappa shape index (κ3) is 4.90. The van der Waals surface area contributed by atoms with Crippen LogP contribution in [0.5, 0.6) is 5.75 Å². The highest BCUT2D eigenvalue weighted by Crippen LogP contribution is 2.21. The number of benzene rings is 1. The van der Waals surface area contributed by atoms with Crippen molar-refractivity contribution in [1.29, 1.82) is 0 Å². The second-order valence-corrected chi connectivity index (χ2v) is 5.57. The molecule has 0 spiro atoms. The summed E-state index contributed by atoms with van der Waals surface area (Å²) in [5, 5.41) is 8.85. The molecule has 0 radical (unpaired) electrons. The van der Waals surface area contributed by atoms with Crippen molar-refractivity contribution >= 4 is 0 Å². The molecule has 1 aromatic rings. The molecule has 0 aliphatic carbocycles. The highest BCUT2D eigenvalue weighted by Gasteiger charge is 2.16. The van der Waals surface area contributed by atoms with Crippen LogP contribution in [0.1, 0.15) is 31.7 Å². The first-order chi connectivity index (χ1) is 10.6. The molecule has 1 aliphatic rings. The molecule has 1 unspecified atom stereocenters. The van der Waals surface area contributed by atoms with E-state index in [1.807, 2.05) is 6.92 Å². The van der Waals surface area contributed by atoms with Crippen LogP contribution in [0.15, 0.2) is 12.1 Å². The highest BCUT2D eigenvalue weighted by atomic mass is 19.1. The van der Waals surface area contributed by atoms with Crippen molar-refractivity contribution in [3.8, 4) is 5.75 Å². The van der Waals surface area contributed by atoms with Gasteiger partial charge in [0.15, 0.2) is 6.29 Å². The molecule has 1 heterocycles. The van der Waals surface area contributed by atoms with Gasteiger partial charge < -0.3 is 19.3 Å². The van der Waals surface area contributed by atoms with Crippen LogP contribution in [-0.4, -0.2) is 31.2 Å². The first-order valence-corrected chi connectivity index (χ1v) is 7.55. The summed E-state index contributed by atoms with van der Waals surface area (Å²) < 4.78 is 43.5. The van der Waals surface area contributed by atoms with Crippen LogP contribution < -0.4 is 4.74 Å². The third-order valence-corrected chi connectivity index (χ3v) is 3.51. The molecule has 0 bridgehead atoms. The van der Waals surface area contributed by atoms with E-state index in [9.17, 15) is 8.78 Å². The van der Waals surface area contributed by atoms with Gasteiger partial charge in [0, 0.05) is 30.2 Å². The van der Waals surface area contributed by atoms with E-state index in [1.54, 1.807) is 0 Å². The predicted octanol–water partition coefficient (Wildman–Crippen LogP) is 3.02. The summed E-state index contributed by atoms with van der Waals surface area (Å²) in [4.78, 5) is 0. The Hall–Kier alpha value is -1.24. The lowest BCUT2D eigenvalue weighted by atomic mass is 10.2. The zero-order chi connectivity index (χ0) is 15.9. The van der Waals surface area contributed by atoms with Crippen LogP contribution in [0.4, 0.5) is 8.78 Å². The Morgan fingerprint density at radius 3 is 2.59 bits per heavy atom. The van der Waals surface area contributed by atoms with E-state index < -0.39 is 18.2 Å². The summed E-state index contributed by atoms with van der Waals surface area (Å²) in [7, 11) is 0. The van der Waals surface area contributed by atoms with Crippen molar-refractivity contribution in [2.45, 2.75) is 39.1 Å². The molecular weight excluding hydrogens is 294 g/mol. The lowest BCUT2D eigenvalue weighted by molar-refractivity contribution is -0.169. The molecule has 0 saturated carbocycles. The molecule has 1 fully saturated rings. The Balaban J connectivity index is 1.77. The number of hydrogen-bond donors (Lipinski definition) is 1. The average molecular weight is 316 g/mol. The third-order valence-electron chi connectivity index (χ3n) is 3.51. The molecule has 1 aliphatic heterocycles. The molecular formula is C16H22F2O4. The summed E-state index contributed by atoms with van der Waals surface area (Å²) in [5.41, 5.74) is -0.349. The Kier molecular flexibility index (Phi) is 6.54. The first kappa shape index (κ1) is 17.1. The maximum Gasteiger partial charge on any atom is 0.157 e. The second-order valence-electron chi connectivity index (χ2n) is 5.57. The first-order valence-electron chi connectivity index (χ1n) is 7.55. The van der Waals surface area contributed by atoms with Gasteiger partial charge in [-0.1, -0.05) is 6.92 Å². The van der Waals surface area contributed by atoms with Crippen molar-refractivity contribution in [2.24, 2.45) is 5.92 Å². The summed E-state index contributed by atoms with van der Waals surface area (Å²) in [6.45, 7) is 2.72. The van der Waals surface area contributed by atoms with E-state index in [2.05, 4.69) is 0 Å².